The number of hydrogen-bond donors (Lipinski definition) is 1. The Balaban J connectivity index is 4.64. The van der Waals surface area contributed by atoms with Crippen molar-refractivity contribution < 1.29 is 4.39 Å². The van der Waals surface area contributed by atoms with Crippen molar-refractivity contribution >= 4 is 0 Å². The zero-order valence-electron chi connectivity index (χ0n) is 12.6. The molecule has 0 amide bonds. The first-order chi connectivity index (χ1) is 8.53. The van der Waals surface area contributed by atoms with Gasteiger partial charge in [-0.2, -0.15) is 0 Å². The quantitative estimate of drug-likeness (QED) is 0.568. The van der Waals surface area contributed by atoms with Gasteiger partial charge in [0.2, 0.25) is 0 Å². The fourth-order valence-electron chi connectivity index (χ4n) is 2.15. The molecule has 0 aromatic heterocycles. The summed E-state index contributed by atoms with van der Waals surface area (Å²) in [6, 6.07) is 0. The van der Waals surface area contributed by atoms with E-state index in [1.807, 2.05) is 13.0 Å². The molecule has 2 N–H and O–H groups in total. The molecule has 2 heteroatoms. The highest BCUT2D eigenvalue weighted by molar-refractivity contribution is 5.14. The highest BCUT2D eigenvalue weighted by Crippen LogP contribution is 2.37. The van der Waals surface area contributed by atoms with Crippen molar-refractivity contribution in [1.82, 2.24) is 0 Å². The molecule has 1 atom stereocenters. The highest BCUT2D eigenvalue weighted by Gasteiger charge is 2.25. The molecule has 0 aliphatic rings. The van der Waals surface area contributed by atoms with Gasteiger partial charge in [-0.15, -0.1) is 0 Å². The summed E-state index contributed by atoms with van der Waals surface area (Å²) in [5, 5.41) is 0. The van der Waals surface area contributed by atoms with Crippen molar-refractivity contribution in [1.29, 1.82) is 0 Å². The molecular formula is C16H30FN. The Morgan fingerprint density at radius 2 is 2.00 bits per heavy atom. The van der Waals surface area contributed by atoms with Crippen LogP contribution >= 0.6 is 0 Å². The molecule has 0 radical (unpaired) electrons. The van der Waals surface area contributed by atoms with E-state index in [1.165, 1.54) is 12.8 Å². The van der Waals surface area contributed by atoms with Gasteiger partial charge in [-0.05, 0) is 43.6 Å². The molecule has 0 aliphatic heterocycles. The molecule has 0 aromatic carbocycles. The smallest absolute Gasteiger partial charge is 0.111 e. The monoisotopic (exact) mass is 255 g/mol. The number of rotatable bonds is 9. The molecule has 106 valence electrons. The normalized spacial score (nSPS) is 16.7. The second kappa shape index (κ2) is 9.18. The minimum atomic E-state index is -0.330. The van der Waals surface area contributed by atoms with Gasteiger partial charge in [-0.25, -0.2) is 4.39 Å². The van der Waals surface area contributed by atoms with Crippen molar-refractivity contribution in [3.05, 3.63) is 23.4 Å². The molecule has 0 heterocycles. The summed E-state index contributed by atoms with van der Waals surface area (Å²) >= 11 is 0. The summed E-state index contributed by atoms with van der Waals surface area (Å²) in [5.41, 5.74) is 7.63. The highest BCUT2D eigenvalue weighted by atomic mass is 19.1. The van der Waals surface area contributed by atoms with Crippen molar-refractivity contribution in [2.75, 3.05) is 6.67 Å². The number of allylic oxidation sites excluding steroid dienone is 4. The third-order valence-corrected chi connectivity index (χ3v) is 3.98. The molecule has 0 fully saturated rings. The van der Waals surface area contributed by atoms with Gasteiger partial charge in [-0.1, -0.05) is 45.8 Å². The van der Waals surface area contributed by atoms with E-state index in [-0.39, 0.29) is 12.1 Å². The number of hydrogen-bond acceptors (Lipinski definition) is 1. The van der Waals surface area contributed by atoms with E-state index in [9.17, 15) is 4.39 Å². The lowest BCUT2D eigenvalue weighted by molar-refractivity contribution is 0.310. The fraction of sp³-hybridized carbons (Fsp3) is 0.750. The average Bonchev–Trinajstić information content (AvgIpc) is 2.40. The Bertz CT molecular complexity index is 281. The van der Waals surface area contributed by atoms with Crippen LogP contribution in [0.5, 0.6) is 0 Å². The van der Waals surface area contributed by atoms with E-state index in [4.69, 9.17) is 5.73 Å². The predicted octanol–water partition coefficient (Wildman–Crippen LogP) is 5.13. The van der Waals surface area contributed by atoms with Crippen LogP contribution in [-0.2, 0) is 0 Å². The molecule has 0 bridgehead atoms. The van der Waals surface area contributed by atoms with Crippen molar-refractivity contribution in [2.45, 2.75) is 66.2 Å². The van der Waals surface area contributed by atoms with Crippen LogP contribution < -0.4 is 5.73 Å². The van der Waals surface area contributed by atoms with E-state index >= 15 is 0 Å². The van der Waals surface area contributed by atoms with Gasteiger partial charge in [-0.3, -0.25) is 0 Å². The molecule has 0 saturated heterocycles. The van der Waals surface area contributed by atoms with E-state index in [2.05, 4.69) is 26.8 Å². The Kier molecular flexibility index (Phi) is 8.78. The summed E-state index contributed by atoms with van der Waals surface area (Å²) in [5.74, 6) is 0. The molecule has 1 unspecified atom stereocenters. The minimum absolute atomic E-state index is 0.0233. The minimum Gasteiger partial charge on any atom is -0.402 e. The second-order valence-electron chi connectivity index (χ2n) is 5.28. The summed E-state index contributed by atoms with van der Waals surface area (Å²) < 4.78 is 13.3. The molecule has 1 nitrogen and oxygen atoms in total. The lowest BCUT2D eigenvalue weighted by Crippen LogP contribution is -2.20. The van der Waals surface area contributed by atoms with Gasteiger partial charge in [0.15, 0.2) is 0 Å². The molecule has 0 saturated carbocycles. The predicted molar refractivity (Wildman–Crippen MR) is 79.2 cm³/mol. The maximum Gasteiger partial charge on any atom is 0.111 e. The Labute approximate surface area is 112 Å². The first kappa shape index (κ1) is 17.2. The van der Waals surface area contributed by atoms with Gasteiger partial charge in [0.1, 0.15) is 6.67 Å². The van der Waals surface area contributed by atoms with E-state index < -0.39 is 0 Å². The lowest BCUT2D eigenvalue weighted by Gasteiger charge is -2.30. The number of unbranched alkanes of at least 4 members (excludes halogenated alkanes) is 1. The van der Waals surface area contributed by atoms with Gasteiger partial charge in [0.05, 0.1) is 0 Å². The van der Waals surface area contributed by atoms with Crippen LogP contribution in [0.1, 0.15) is 66.2 Å². The van der Waals surface area contributed by atoms with Gasteiger partial charge >= 0.3 is 0 Å². The zero-order chi connectivity index (χ0) is 14.0. The second-order valence-corrected chi connectivity index (χ2v) is 5.28. The summed E-state index contributed by atoms with van der Waals surface area (Å²) in [4.78, 5) is 0. The summed E-state index contributed by atoms with van der Waals surface area (Å²) in [6.07, 6.45) is 10.1. The van der Waals surface area contributed by atoms with Crippen LogP contribution in [0.15, 0.2) is 23.4 Å². The van der Waals surface area contributed by atoms with Crippen LogP contribution in [0.4, 0.5) is 4.39 Å². The maximum atomic E-state index is 13.3. The average molecular weight is 255 g/mol. The number of alkyl halides is 1. The van der Waals surface area contributed by atoms with E-state index in [0.717, 1.165) is 37.0 Å². The third-order valence-electron chi connectivity index (χ3n) is 3.98. The molecule has 0 spiro atoms. The zero-order valence-corrected chi connectivity index (χ0v) is 12.6. The van der Waals surface area contributed by atoms with Gasteiger partial charge in [0.25, 0.3) is 0 Å². The Hall–Kier alpha value is -0.790. The van der Waals surface area contributed by atoms with E-state index in [0.29, 0.717) is 0 Å². The van der Waals surface area contributed by atoms with Crippen molar-refractivity contribution in [3.8, 4) is 0 Å². The maximum absolute atomic E-state index is 13.3. The summed E-state index contributed by atoms with van der Waals surface area (Å²) in [6.45, 7) is 8.13. The molecular weight excluding hydrogens is 225 g/mol. The third kappa shape index (κ3) is 5.70. The molecule has 18 heavy (non-hydrogen) atoms. The molecule has 0 aliphatic carbocycles. The number of halogens is 1. The van der Waals surface area contributed by atoms with Crippen molar-refractivity contribution in [3.63, 3.8) is 0 Å². The standard InChI is InChI=1S/C16H30FN/c1-5-8-12-16(4,7-3)14(13-17)10-9-11-15(18)6-2/h6,10H,5,7-9,11-13,18H2,1-4H3/b14-10-,15-6+. The van der Waals surface area contributed by atoms with Gasteiger partial charge in [0, 0.05) is 5.70 Å². The molecule has 0 rings (SSSR count). The summed E-state index contributed by atoms with van der Waals surface area (Å²) in [7, 11) is 0. The fourth-order valence-corrected chi connectivity index (χ4v) is 2.15. The largest absolute Gasteiger partial charge is 0.402 e. The van der Waals surface area contributed by atoms with Crippen molar-refractivity contribution in [2.24, 2.45) is 11.1 Å². The van der Waals surface area contributed by atoms with Crippen LogP contribution in [-0.4, -0.2) is 6.67 Å². The lowest BCUT2D eigenvalue weighted by atomic mass is 9.75. The Morgan fingerprint density at radius 1 is 1.33 bits per heavy atom. The first-order valence-electron chi connectivity index (χ1n) is 7.20. The van der Waals surface area contributed by atoms with Crippen LogP contribution in [0.2, 0.25) is 0 Å². The Morgan fingerprint density at radius 3 is 2.44 bits per heavy atom. The first-order valence-corrected chi connectivity index (χ1v) is 7.20. The number of nitrogens with two attached hydrogens (primary N) is 1. The van der Waals surface area contributed by atoms with E-state index in [1.54, 1.807) is 0 Å². The van der Waals surface area contributed by atoms with Crippen LogP contribution in [0.25, 0.3) is 0 Å². The topological polar surface area (TPSA) is 26.0 Å². The van der Waals surface area contributed by atoms with Gasteiger partial charge < -0.3 is 5.73 Å². The van der Waals surface area contributed by atoms with Crippen LogP contribution in [0, 0.1) is 5.41 Å². The van der Waals surface area contributed by atoms with Crippen LogP contribution in [0.3, 0.4) is 0 Å². The SMILES string of the molecule is C/C=C(/N)CC/C=C(/CF)C(C)(CC)CCCC. The molecule has 0 aromatic rings.